The number of nitrogens with zero attached hydrogens (tertiary/aromatic N) is 3. The maximum absolute atomic E-state index is 14.2. The molecule has 0 saturated carbocycles. The number of rotatable bonds is 6. The van der Waals surface area contributed by atoms with Crippen LogP contribution in [0.15, 0.2) is 30.3 Å². The van der Waals surface area contributed by atoms with Gasteiger partial charge in [0.2, 0.25) is 0 Å². The lowest BCUT2D eigenvalue weighted by Gasteiger charge is -2.24. The molecule has 1 fully saturated rings. The van der Waals surface area contributed by atoms with Crippen LogP contribution in [-0.4, -0.2) is 44.6 Å². The van der Waals surface area contributed by atoms with Crippen molar-refractivity contribution in [3.05, 3.63) is 58.4 Å². The molecule has 6 nitrogen and oxygen atoms in total. The van der Waals surface area contributed by atoms with E-state index in [0.717, 1.165) is 28.9 Å². The predicted molar refractivity (Wildman–Crippen MR) is 106 cm³/mol. The first-order valence-corrected chi connectivity index (χ1v) is 9.45. The molecular formula is C21H27FN4O2. The Morgan fingerprint density at radius 2 is 2.07 bits per heavy atom. The maximum Gasteiger partial charge on any atom is 0.267 e. The second-order valence-corrected chi connectivity index (χ2v) is 7.44. The van der Waals surface area contributed by atoms with Crippen LogP contribution in [0.3, 0.4) is 0 Å². The number of aryl methyl sites for hydroxylation is 2. The summed E-state index contributed by atoms with van der Waals surface area (Å²) in [6, 6.07) is 7.94. The fraction of sp³-hybridized carbons (Fsp3) is 0.429. The molecule has 2 heterocycles. The van der Waals surface area contributed by atoms with Gasteiger partial charge < -0.3 is 0 Å². The molecule has 1 aromatic carbocycles. The van der Waals surface area contributed by atoms with Gasteiger partial charge in [-0.05, 0) is 49.5 Å². The van der Waals surface area contributed by atoms with E-state index in [2.05, 4.69) is 16.9 Å². The van der Waals surface area contributed by atoms with E-state index in [4.69, 9.17) is 5.21 Å². The number of hydrogen-bond donors (Lipinski definition) is 2. The summed E-state index contributed by atoms with van der Waals surface area (Å²) in [5.41, 5.74) is 6.89. The third-order valence-corrected chi connectivity index (χ3v) is 5.48. The summed E-state index contributed by atoms with van der Waals surface area (Å²) in [6.07, 6.45) is 3.44. The van der Waals surface area contributed by atoms with Gasteiger partial charge >= 0.3 is 0 Å². The van der Waals surface area contributed by atoms with Gasteiger partial charge in [-0.25, -0.2) is 9.87 Å². The fourth-order valence-electron chi connectivity index (χ4n) is 3.85. The highest BCUT2D eigenvalue weighted by molar-refractivity contribution is 5.90. The number of likely N-dealkylation sites (tertiary alicyclic amines) is 1. The zero-order valence-corrected chi connectivity index (χ0v) is 16.5. The van der Waals surface area contributed by atoms with Crippen LogP contribution in [0.1, 0.15) is 34.5 Å². The van der Waals surface area contributed by atoms with Crippen LogP contribution in [0.25, 0.3) is 6.08 Å². The molecule has 150 valence electrons. The number of aromatic nitrogens is 2. The highest BCUT2D eigenvalue weighted by Gasteiger charge is 2.33. The number of hydrogen-bond acceptors (Lipinski definition) is 4. The smallest absolute Gasteiger partial charge is 0.267 e. The average Bonchev–Trinajstić information content (AvgIpc) is 3.14. The molecular weight excluding hydrogens is 359 g/mol. The van der Waals surface area contributed by atoms with E-state index < -0.39 is 12.1 Å². The number of nitrogens with one attached hydrogen (secondary N) is 1. The van der Waals surface area contributed by atoms with Crippen molar-refractivity contribution in [2.24, 2.45) is 7.05 Å². The largest absolute Gasteiger partial charge is 0.293 e. The molecule has 2 N–H and O–H groups in total. The van der Waals surface area contributed by atoms with E-state index in [0.29, 0.717) is 19.5 Å². The molecule has 0 aliphatic carbocycles. The van der Waals surface area contributed by atoms with Crippen molar-refractivity contribution in [1.29, 1.82) is 0 Å². The van der Waals surface area contributed by atoms with Crippen LogP contribution >= 0.6 is 0 Å². The summed E-state index contributed by atoms with van der Waals surface area (Å²) < 4.78 is 16.1. The summed E-state index contributed by atoms with van der Waals surface area (Å²) >= 11 is 0. The minimum Gasteiger partial charge on any atom is -0.293 e. The first-order chi connectivity index (χ1) is 13.4. The van der Waals surface area contributed by atoms with Crippen LogP contribution in [0.4, 0.5) is 4.39 Å². The number of alkyl halides is 1. The van der Waals surface area contributed by atoms with Crippen LogP contribution in [-0.2, 0) is 24.8 Å². The first-order valence-electron chi connectivity index (χ1n) is 9.45. The van der Waals surface area contributed by atoms with Gasteiger partial charge in [0.05, 0.1) is 5.69 Å². The number of hydroxylamine groups is 1. The third kappa shape index (κ3) is 4.66. The number of halogens is 1. The summed E-state index contributed by atoms with van der Waals surface area (Å²) in [5.74, 6) is -0.570. The van der Waals surface area contributed by atoms with E-state index in [9.17, 15) is 9.18 Å². The Balaban J connectivity index is 1.68. The minimum absolute atomic E-state index is 0.157. The van der Waals surface area contributed by atoms with E-state index in [1.165, 1.54) is 11.6 Å². The van der Waals surface area contributed by atoms with Gasteiger partial charge in [-0.3, -0.25) is 19.6 Å². The van der Waals surface area contributed by atoms with Gasteiger partial charge in [-0.2, -0.15) is 5.10 Å². The zero-order chi connectivity index (χ0) is 20.3. The van der Waals surface area contributed by atoms with Crippen molar-refractivity contribution >= 4 is 12.0 Å². The second kappa shape index (κ2) is 8.67. The van der Waals surface area contributed by atoms with Gasteiger partial charge in [-0.1, -0.05) is 24.3 Å². The standard InChI is InChI=1S/C21H27FN4O2/c1-14-20(15(2)25(3)23-14)11-19-10-18(22)13-26(19)12-17-6-4-16(5-7-17)8-9-21(27)24-28/h4-9,18-19,28H,10-13H2,1-3H3,(H,24,27). The number of benzene rings is 1. The number of amides is 1. The second-order valence-electron chi connectivity index (χ2n) is 7.44. The van der Waals surface area contributed by atoms with Crippen LogP contribution < -0.4 is 5.48 Å². The lowest BCUT2D eigenvalue weighted by atomic mass is 10.0. The summed E-state index contributed by atoms with van der Waals surface area (Å²) in [7, 11) is 1.94. The highest BCUT2D eigenvalue weighted by Crippen LogP contribution is 2.27. The SMILES string of the molecule is Cc1nn(C)c(C)c1CC1CC(F)CN1Cc1ccc(C=CC(=O)NO)cc1. The Morgan fingerprint density at radius 3 is 2.68 bits per heavy atom. The number of carbonyl (C=O) groups is 1. The molecule has 2 aromatic rings. The van der Waals surface area contributed by atoms with Crippen molar-refractivity contribution in [1.82, 2.24) is 20.2 Å². The van der Waals surface area contributed by atoms with Gasteiger partial charge in [0.1, 0.15) is 6.17 Å². The Kier molecular flexibility index (Phi) is 6.26. The maximum atomic E-state index is 14.2. The molecule has 3 rings (SSSR count). The summed E-state index contributed by atoms with van der Waals surface area (Å²) in [4.78, 5) is 13.3. The number of carbonyl (C=O) groups excluding carboxylic acids is 1. The molecule has 1 aliphatic heterocycles. The van der Waals surface area contributed by atoms with Gasteiger partial charge in [0.15, 0.2) is 0 Å². The molecule has 2 atom stereocenters. The molecule has 2 unspecified atom stereocenters. The Hall–Kier alpha value is -2.51. The van der Waals surface area contributed by atoms with Crippen LogP contribution in [0, 0.1) is 13.8 Å². The summed E-state index contributed by atoms with van der Waals surface area (Å²) in [5, 5.41) is 13.0. The fourth-order valence-corrected chi connectivity index (χ4v) is 3.85. The molecule has 1 aromatic heterocycles. The van der Waals surface area contributed by atoms with Crippen molar-refractivity contribution in [3.63, 3.8) is 0 Å². The summed E-state index contributed by atoms with van der Waals surface area (Å²) in [6.45, 7) is 5.20. The Morgan fingerprint density at radius 1 is 1.36 bits per heavy atom. The van der Waals surface area contributed by atoms with E-state index in [1.807, 2.05) is 42.9 Å². The average molecular weight is 386 g/mol. The highest BCUT2D eigenvalue weighted by atomic mass is 19.1. The van der Waals surface area contributed by atoms with Crippen molar-refractivity contribution in [2.75, 3.05) is 6.54 Å². The van der Waals surface area contributed by atoms with Gasteiger partial charge in [0.25, 0.3) is 5.91 Å². The van der Waals surface area contributed by atoms with Crippen molar-refractivity contribution < 1.29 is 14.4 Å². The Bertz CT molecular complexity index is 860. The van der Waals surface area contributed by atoms with Crippen LogP contribution in [0.5, 0.6) is 0 Å². The quantitative estimate of drug-likeness (QED) is 0.455. The first kappa shape index (κ1) is 20.2. The Labute approximate surface area is 164 Å². The molecule has 0 radical (unpaired) electrons. The molecule has 28 heavy (non-hydrogen) atoms. The van der Waals surface area contributed by atoms with Gasteiger partial charge in [0, 0.05) is 37.9 Å². The predicted octanol–water partition coefficient (Wildman–Crippen LogP) is 2.71. The lowest BCUT2D eigenvalue weighted by Crippen LogP contribution is -2.31. The molecule has 1 aliphatic rings. The van der Waals surface area contributed by atoms with Crippen molar-refractivity contribution in [3.8, 4) is 0 Å². The molecule has 1 saturated heterocycles. The van der Waals surface area contributed by atoms with Crippen molar-refractivity contribution in [2.45, 2.75) is 45.4 Å². The minimum atomic E-state index is -0.804. The van der Waals surface area contributed by atoms with Gasteiger partial charge in [-0.15, -0.1) is 0 Å². The monoisotopic (exact) mass is 386 g/mol. The molecule has 0 spiro atoms. The van der Waals surface area contributed by atoms with E-state index >= 15 is 0 Å². The van der Waals surface area contributed by atoms with E-state index in [1.54, 1.807) is 11.6 Å². The van der Waals surface area contributed by atoms with Crippen LogP contribution in [0.2, 0.25) is 0 Å². The molecule has 0 bridgehead atoms. The molecule has 1 amide bonds. The third-order valence-electron chi connectivity index (χ3n) is 5.48. The van der Waals surface area contributed by atoms with E-state index in [-0.39, 0.29) is 6.04 Å². The molecule has 7 heteroatoms. The normalized spacial score (nSPS) is 20.2. The topological polar surface area (TPSA) is 70.4 Å². The lowest BCUT2D eigenvalue weighted by molar-refractivity contribution is -0.124. The zero-order valence-electron chi connectivity index (χ0n) is 16.5.